The molecule has 0 radical (unpaired) electrons. The van der Waals surface area contributed by atoms with E-state index in [0.29, 0.717) is 31.6 Å². The van der Waals surface area contributed by atoms with Crippen molar-refractivity contribution in [1.29, 1.82) is 0 Å². The topological polar surface area (TPSA) is 192 Å². The number of aromatic amines is 1. The van der Waals surface area contributed by atoms with E-state index in [2.05, 4.69) is 20.9 Å². The Morgan fingerprint density at radius 2 is 1.70 bits per heavy atom. The number of carbonyl (C=O) groups excluding carboxylic acids is 3. The molecule has 1 aromatic carbocycles. The Hall–Kier alpha value is -3.09. The van der Waals surface area contributed by atoms with Crippen LogP contribution in [0.5, 0.6) is 0 Å². The second-order valence-corrected chi connectivity index (χ2v) is 9.91. The third-order valence-corrected chi connectivity index (χ3v) is 6.65. The molecule has 2 rings (SSSR count). The third kappa shape index (κ3) is 9.38. The largest absolute Gasteiger partial charge is 0.480 e. The number of hydrogen-bond acceptors (Lipinski definition) is 7. The van der Waals surface area contributed by atoms with E-state index < -0.39 is 47.9 Å². The summed E-state index contributed by atoms with van der Waals surface area (Å²) in [7, 11) is 0. The lowest BCUT2D eigenvalue weighted by atomic mass is 10.0. The van der Waals surface area contributed by atoms with Gasteiger partial charge in [0.25, 0.3) is 0 Å². The summed E-state index contributed by atoms with van der Waals surface area (Å²) in [6.45, 7) is 1.90. The number of carbonyl (C=O) groups is 4. The Kier molecular flexibility index (Phi) is 12.4. The van der Waals surface area contributed by atoms with Gasteiger partial charge in [0.05, 0.1) is 6.04 Å². The quantitative estimate of drug-likeness (QED) is 0.151. The van der Waals surface area contributed by atoms with Crippen LogP contribution in [0, 0.1) is 0 Å². The average Bonchev–Trinajstić information content (AvgIpc) is 3.28. The number of carboxylic acid groups (broad SMARTS) is 1. The van der Waals surface area contributed by atoms with Crippen LogP contribution < -0.4 is 27.4 Å². The number of aromatic nitrogens is 1. The van der Waals surface area contributed by atoms with Gasteiger partial charge < -0.3 is 37.5 Å². The maximum atomic E-state index is 13.0. The zero-order valence-corrected chi connectivity index (χ0v) is 22.1. The van der Waals surface area contributed by atoms with Gasteiger partial charge in [-0.25, -0.2) is 4.79 Å². The van der Waals surface area contributed by atoms with Crippen LogP contribution in [0.1, 0.15) is 38.2 Å². The lowest BCUT2D eigenvalue weighted by molar-refractivity contribution is -0.142. The van der Waals surface area contributed by atoms with Crippen LogP contribution in [0.25, 0.3) is 10.9 Å². The number of amides is 3. The fourth-order valence-corrected chi connectivity index (χ4v) is 4.31. The van der Waals surface area contributed by atoms with Crippen LogP contribution in [0.3, 0.4) is 0 Å². The Balaban J connectivity index is 2.01. The van der Waals surface area contributed by atoms with Crippen molar-refractivity contribution in [3.05, 3.63) is 36.0 Å². The summed E-state index contributed by atoms with van der Waals surface area (Å²) in [5, 5.41) is 18.1. The predicted octanol–water partition coefficient (Wildman–Crippen LogP) is 0.479. The molecule has 4 atom stereocenters. The Morgan fingerprint density at radius 1 is 1.00 bits per heavy atom. The number of H-pyrrole nitrogens is 1. The van der Waals surface area contributed by atoms with E-state index in [4.69, 9.17) is 11.5 Å². The predicted molar refractivity (Wildman–Crippen MR) is 145 cm³/mol. The molecule has 0 spiro atoms. The highest BCUT2D eigenvalue weighted by atomic mass is 32.2. The molecule has 0 bridgehead atoms. The highest BCUT2D eigenvalue weighted by Crippen LogP contribution is 2.19. The van der Waals surface area contributed by atoms with Crippen molar-refractivity contribution in [3.8, 4) is 0 Å². The highest BCUT2D eigenvalue weighted by molar-refractivity contribution is 7.98. The van der Waals surface area contributed by atoms with Crippen LogP contribution in [0.2, 0.25) is 0 Å². The lowest BCUT2D eigenvalue weighted by Crippen LogP contribution is -2.56. The van der Waals surface area contributed by atoms with Gasteiger partial charge in [-0.05, 0) is 69.2 Å². The zero-order valence-electron chi connectivity index (χ0n) is 21.3. The van der Waals surface area contributed by atoms with Gasteiger partial charge in [-0.2, -0.15) is 11.8 Å². The van der Waals surface area contributed by atoms with Gasteiger partial charge in [0.1, 0.15) is 18.1 Å². The number of nitrogens with one attached hydrogen (secondary N) is 4. The first kappa shape index (κ1) is 30.1. The van der Waals surface area contributed by atoms with Crippen molar-refractivity contribution in [3.63, 3.8) is 0 Å². The van der Waals surface area contributed by atoms with Gasteiger partial charge in [0, 0.05) is 17.1 Å². The molecule has 0 saturated carbocycles. The monoisotopic (exact) mass is 534 g/mol. The highest BCUT2D eigenvalue weighted by Gasteiger charge is 2.28. The number of carboxylic acids is 1. The van der Waals surface area contributed by atoms with Gasteiger partial charge in [-0.3, -0.25) is 14.4 Å². The summed E-state index contributed by atoms with van der Waals surface area (Å²) in [6, 6.07) is 3.82. The number of thioether (sulfide) groups is 1. The number of fused-ring (bicyclic) bond motifs is 1. The fourth-order valence-electron chi connectivity index (χ4n) is 3.84. The summed E-state index contributed by atoms with van der Waals surface area (Å²) in [6.07, 6.45) is 5.75. The van der Waals surface area contributed by atoms with Crippen molar-refractivity contribution in [2.75, 3.05) is 18.6 Å². The molecule has 204 valence electrons. The first-order valence-electron chi connectivity index (χ1n) is 12.3. The first-order valence-corrected chi connectivity index (χ1v) is 13.7. The molecule has 0 aliphatic rings. The summed E-state index contributed by atoms with van der Waals surface area (Å²) < 4.78 is 0. The van der Waals surface area contributed by atoms with Crippen molar-refractivity contribution >= 4 is 46.4 Å². The summed E-state index contributed by atoms with van der Waals surface area (Å²) in [4.78, 5) is 53.0. The fraction of sp³-hybridized carbons (Fsp3) is 0.520. The molecule has 12 heteroatoms. The third-order valence-electron chi connectivity index (χ3n) is 6.01. The van der Waals surface area contributed by atoms with Crippen molar-refractivity contribution in [1.82, 2.24) is 20.9 Å². The molecule has 1 heterocycles. The summed E-state index contributed by atoms with van der Waals surface area (Å²) in [5.74, 6) is -2.24. The molecule has 4 unspecified atom stereocenters. The number of rotatable bonds is 16. The van der Waals surface area contributed by atoms with E-state index in [9.17, 15) is 24.3 Å². The van der Waals surface area contributed by atoms with E-state index in [1.165, 1.54) is 18.7 Å². The molecular formula is C25H38N6O5S. The molecule has 37 heavy (non-hydrogen) atoms. The lowest BCUT2D eigenvalue weighted by Gasteiger charge is -2.23. The van der Waals surface area contributed by atoms with Crippen LogP contribution in [0.4, 0.5) is 0 Å². The van der Waals surface area contributed by atoms with Crippen molar-refractivity contribution < 1.29 is 24.3 Å². The zero-order chi connectivity index (χ0) is 27.4. The van der Waals surface area contributed by atoms with Crippen molar-refractivity contribution in [2.24, 2.45) is 11.5 Å². The molecule has 0 aliphatic carbocycles. The van der Waals surface area contributed by atoms with Gasteiger partial charge in [-0.1, -0.05) is 18.2 Å². The van der Waals surface area contributed by atoms with Crippen LogP contribution >= 0.6 is 11.8 Å². The van der Waals surface area contributed by atoms with E-state index in [0.717, 1.165) is 16.5 Å². The van der Waals surface area contributed by atoms with E-state index in [1.54, 1.807) is 0 Å². The molecule has 1 aromatic heterocycles. The number of benzene rings is 1. The van der Waals surface area contributed by atoms with Gasteiger partial charge in [0.15, 0.2) is 0 Å². The smallest absolute Gasteiger partial charge is 0.326 e. The number of aliphatic carboxylic acids is 1. The van der Waals surface area contributed by atoms with Crippen LogP contribution in [-0.2, 0) is 25.6 Å². The maximum absolute atomic E-state index is 13.0. The minimum absolute atomic E-state index is 0.259. The summed E-state index contributed by atoms with van der Waals surface area (Å²) >= 11 is 1.47. The SMILES string of the molecule is CSCCC(NC(=O)C(C)NC(=O)C(CCCCN)NC(=O)C(N)Cc1c[nH]c2ccccc12)C(=O)O. The molecule has 2 aromatic rings. The normalized spacial score (nSPS) is 14.4. The molecule has 0 aliphatic heterocycles. The molecule has 3 amide bonds. The Morgan fingerprint density at radius 3 is 2.38 bits per heavy atom. The van der Waals surface area contributed by atoms with Crippen molar-refractivity contribution in [2.45, 2.75) is 63.2 Å². The van der Waals surface area contributed by atoms with E-state index >= 15 is 0 Å². The number of hydrogen-bond donors (Lipinski definition) is 7. The molecule has 11 nitrogen and oxygen atoms in total. The summed E-state index contributed by atoms with van der Waals surface area (Å²) in [5.41, 5.74) is 13.6. The first-order chi connectivity index (χ1) is 17.7. The Bertz CT molecular complexity index is 1060. The van der Waals surface area contributed by atoms with Gasteiger partial charge in [0.2, 0.25) is 17.7 Å². The van der Waals surface area contributed by atoms with Gasteiger partial charge >= 0.3 is 5.97 Å². The van der Waals surface area contributed by atoms with E-state index in [1.807, 2.05) is 36.7 Å². The standard InChI is InChI=1S/C25H38N6O5S/c1-15(22(32)31-21(25(35)36)10-12-37-2)29-24(34)20(9-5-6-11-26)30-23(33)18(27)13-16-14-28-19-8-4-3-7-17(16)19/h3-4,7-8,14-15,18,20-21,28H,5-6,9-13,26-27H2,1-2H3,(H,29,34)(H,30,33)(H,31,32)(H,35,36). The van der Waals surface area contributed by atoms with Gasteiger partial charge in [-0.15, -0.1) is 0 Å². The van der Waals surface area contributed by atoms with Crippen LogP contribution in [-0.4, -0.2) is 76.5 Å². The molecule has 0 fully saturated rings. The minimum Gasteiger partial charge on any atom is -0.480 e. The number of unbranched alkanes of at least 4 members (excludes halogenated alkanes) is 1. The second-order valence-electron chi connectivity index (χ2n) is 8.93. The molecule has 9 N–H and O–H groups in total. The second kappa shape index (κ2) is 15.2. The molecular weight excluding hydrogens is 496 g/mol. The molecule has 0 saturated heterocycles. The Labute approximate surface area is 220 Å². The van der Waals surface area contributed by atoms with E-state index in [-0.39, 0.29) is 12.8 Å². The average molecular weight is 535 g/mol. The number of para-hydroxylation sites is 1. The van der Waals surface area contributed by atoms with Crippen LogP contribution in [0.15, 0.2) is 30.5 Å². The maximum Gasteiger partial charge on any atom is 0.326 e. The number of nitrogens with two attached hydrogens (primary N) is 2. The minimum atomic E-state index is -1.14.